The average Bonchev–Trinajstić information content (AvgIpc) is 2.91. The van der Waals surface area contributed by atoms with Crippen molar-refractivity contribution in [3.05, 3.63) is 59.2 Å². The van der Waals surface area contributed by atoms with Crippen LogP contribution in [0.4, 0.5) is 10.1 Å². The number of nitrogens with one attached hydrogen (secondary N) is 1. The minimum absolute atomic E-state index is 0.0551. The summed E-state index contributed by atoms with van der Waals surface area (Å²) in [7, 11) is 4.15. The summed E-state index contributed by atoms with van der Waals surface area (Å²) in [6.45, 7) is 7.23. The summed E-state index contributed by atoms with van der Waals surface area (Å²) in [6.07, 6.45) is 3.61. The van der Waals surface area contributed by atoms with Crippen LogP contribution >= 0.6 is 0 Å². The predicted molar refractivity (Wildman–Crippen MR) is 112 cm³/mol. The smallest absolute Gasteiger partial charge is 0.140 e. The molecule has 1 N–H and O–H groups in total. The maximum absolute atomic E-state index is 13.9. The summed E-state index contributed by atoms with van der Waals surface area (Å²) in [5.74, 6) is -0.190. The van der Waals surface area contributed by atoms with Crippen molar-refractivity contribution in [3.63, 3.8) is 0 Å². The van der Waals surface area contributed by atoms with Crippen LogP contribution in [0.3, 0.4) is 0 Å². The highest BCUT2D eigenvalue weighted by atomic mass is 19.1. The van der Waals surface area contributed by atoms with Crippen LogP contribution in [0.1, 0.15) is 43.5 Å². The number of aryl methyl sites for hydroxylation is 1. The number of benzene rings is 1. The third-order valence-electron chi connectivity index (χ3n) is 6.67. The highest BCUT2D eigenvalue weighted by Crippen LogP contribution is 2.55. The molecule has 0 atom stereocenters. The van der Waals surface area contributed by atoms with Crippen LogP contribution < -0.4 is 10.2 Å². The lowest BCUT2D eigenvalue weighted by molar-refractivity contribution is -0.0248. The van der Waals surface area contributed by atoms with E-state index in [2.05, 4.69) is 54.1 Å². The van der Waals surface area contributed by atoms with Gasteiger partial charge in [0.25, 0.3) is 0 Å². The highest BCUT2D eigenvalue weighted by Gasteiger charge is 2.62. The zero-order chi connectivity index (χ0) is 21.0. The van der Waals surface area contributed by atoms with E-state index in [0.717, 1.165) is 36.2 Å². The molecule has 0 amide bonds. The van der Waals surface area contributed by atoms with Gasteiger partial charge < -0.3 is 4.90 Å². The van der Waals surface area contributed by atoms with E-state index in [-0.39, 0.29) is 22.6 Å². The Balaban J connectivity index is 1.64. The lowest BCUT2D eigenvalue weighted by Gasteiger charge is -2.58. The third kappa shape index (κ3) is 3.09. The van der Waals surface area contributed by atoms with Gasteiger partial charge in [0.2, 0.25) is 0 Å². The van der Waals surface area contributed by atoms with Gasteiger partial charge in [-0.15, -0.1) is 0 Å². The second-order valence-electron chi connectivity index (χ2n) is 9.31. The van der Waals surface area contributed by atoms with E-state index in [0.29, 0.717) is 5.69 Å². The molecule has 29 heavy (non-hydrogen) atoms. The van der Waals surface area contributed by atoms with E-state index >= 15 is 0 Å². The molecule has 0 unspecified atom stereocenters. The minimum atomic E-state index is -0.249. The minimum Gasteiger partial charge on any atom is -0.350 e. The first-order valence-electron chi connectivity index (χ1n) is 9.98. The van der Waals surface area contributed by atoms with Crippen LogP contribution in [0.25, 0.3) is 0 Å². The molecule has 1 aromatic heterocycles. The summed E-state index contributed by atoms with van der Waals surface area (Å²) in [4.78, 5) is 8.86. The average molecular weight is 394 g/mol. The first-order valence-corrected chi connectivity index (χ1v) is 9.98. The standard InChI is InChI=1S/C23H28FN5/c1-16-9-19(11-25)26-12-20(16)29-15-22(27-21(29,2)3)13-23(14-22,28(4)5)17-7-6-8-18(24)10-17/h6-10,12,27H,13-15H2,1-5H3. The third-order valence-corrected chi connectivity index (χ3v) is 6.67. The molecule has 2 heterocycles. The van der Waals surface area contributed by atoms with Crippen molar-refractivity contribution in [3.8, 4) is 6.07 Å². The maximum Gasteiger partial charge on any atom is 0.140 e. The summed E-state index contributed by atoms with van der Waals surface area (Å²) in [6, 6.07) is 10.9. The van der Waals surface area contributed by atoms with Gasteiger partial charge in [0.15, 0.2) is 0 Å². The largest absolute Gasteiger partial charge is 0.350 e. The first kappa shape index (κ1) is 19.8. The van der Waals surface area contributed by atoms with Crippen molar-refractivity contribution in [1.82, 2.24) is 15.2 Å². The number of hydrogen-bond acceptors (Lipinski definition) is 5. The Labute approximate surface area is 172 Å². The zero-order valence-corrected chi connectivity index (χ0v) is 17.8. The molecule has 2 aromatic rings. The summed E-state index contributed by atoms with van der Waals surface area (Å²) < 4.78 is 13.9. The van der Waals surface area contributed by atoms with E-state index in [9.17, 15) is 4.39 Å². The number of hydrogen-bond donors (Lipinski definition) is 1. The normalized spacial score (nSPS) is 27.9. The Morgan fingerprint density at radius 2 is 1.97 bits per heavy atom. The number of halogens is 1. The summed E-state index contributed by atoms with van der Waals surface area (Å²) in [5.41, 5.74) is 3.08. The number of nitrogens with zero attached hydrogens (tertiary/aromatic N) is 4. The quantitative estimate of drug-likeness (QED) is 0.865. The Hall–Kier alpha value is -2.49. The molecule has 1 aromatic carbocycles. The Kier molecular flexibility index (Phi) is 4.45. The maximum atomic E-state index is 13.9. The van der Waals surface area contributed by atoms with Crippen LogP contribution in [0, 0.1) is 24.1 Å². The van der Waals surface area contributed by atoms with Gasteiger partial charge in [-0.3, -0.25) is 10.2 Å². The molecular formula is C23H28FN5. The topological polar surface area (TPSA) is 55.2 Å². The number of nitriles is 1. The molecule has 152 valence electrons. The fraction of sp³-hybridized carbons (Fsp3) is 0.478. The first-order chi connectivity index (χ1) is 13.6. The molecule has 1 aliphatic carbocycles. The lowest BCUT2D eigenvalue weighted by Crippen LogP contribution is -2.67. The molecule has 0 bridgehead atoms. The molecule has 1 spiro atoms. The Morgan fingerprint density at radius 3 is 2.55 bits per heavy atom. The second kappa shape index (κ2) is 6.51. The van der Waals surface area contributed by atoms with Gasteiger partial charge in [0.1, 0.15) is 17.6 Å². The van der Waals surface area contributed by atoms with Crippen molar-refractivity contribution in [1.29, 1.82) is 5.26 Å². The highest BCUT2D eigenvalue weighted by molar-refractivity contribution is 5.57. The molecule has 6 heteroatoms. The van der Waals surface area contributed by atoms with Gasteiger partial charge >= 0.3 is 0 Å². The molecule has 5 nitrogen and oxygen atoms in total. The fourth-order valence-corrected chi connectivity index (χ4v) is 5.36. The summed E-state index contributed by atoms with van der Waals surface area (Å²) >= 11 is 0. The predicted octanol–water partition coefficient (Wildman–Crippen LogP) is 3.54. The van der Waals surface area contributed by atoms with E-state index < -0.39 is 0 Å². The number of aromatic nitrogens is 1. The van der Waals surface area contributed by atoms with E-state index in [1.807, 2.05) is 19.1 Å². The van der Waals surface area contributed by atoms with Gasteiger partial charge in [0.05, 0.1) is 17.5 Å². The van der Waals surface area contributed by atoms with Crippen molar-refractivity contribution in [2.45, 2.75) is 50.4 Å². The Bertz CT molecular complexity index is 985. The van der Waals surface area contributed by atoms with Crippen LogP contribution in [-0.2, 0) is 5.54 Å². The van der Waals surface area contributed by atoms with E-state index in [4.69, 9.17) is 5.26 Å². The molecule has 1 saturated heterocycles. The zero-order valence-electron chi connectivity index (χ0n) is 17.8. The number of rotatable bonds is 3. The van der Waals surface area contributed by atoms with Crippen molar-refractivity contribution in [2.75, 3.05) is 25.5 Å². The monoisotopic (exact) mass is 393 g/mol. The lowest BCUT2D eigenvalue weighted by atomic mass is 9.59. The van der Waals surface area contributed by atoms with Crippen molar-refractivity contribution >= 4 is 5.69 Å². The number of anilines is 1. The molecule has 4 rings (SSSR count). The second-order valence-corrected chi connectivity index (χ2v) is 9.31. The van der Waals surface area contributed by atoms with E-state index in [1.54, 1.807) is 18.3 Å². The summed E-state index contributed by atoms with van der Waals surface area (Å²) in [5, 5.41) is 13.0. The van der Waals surface area contributed by atoms with Gasteiger partial charge in [0, 0.05) is 17.6 Å². The molecule has 2 fully saturated rings. The van der Waals surface area contributed by atoms with E-state index in [1.165, 1.54) is 6.07 Å². The Morgan fingerprint density at radius 1 is 1.24 bits per heavy atom. The number of pyridine rings is 1. The van der Waals surface area contributed by atoms with Gasteiger partial charge in [-0.1, -0.05) is 12.1 Å². The fourth-order valence-electron chi connectivity index (χ4n) is 5.36. The van der Waals surface area contributed by atoms with Crippen LogP contribution in [0.2, 0.25) is 0 Å². The van der Waals surface area contributed by atoms with Crippen molar-refractivity contribution < 1.29 is 4.39 Å². The van der Waals surface area contributed by atoms with Gasteiger partial charge in [-0.05, 0) is 77.0 Å². The molecule has 1 saturated carbocycles. The molecule has 2 aliphatic rings. The van der Waals surface area contributed by atoms with Crippen LogP contribution in [0.5, 0.6) is 0 Å². The molecule has 1 aliphatic heterocycles. The molecular weight excluding hydrogens is 365 g/mol. The molecule has 0 radical (unpaired) electrons. The van der Waals surface area contributed by atoms with Crippen molar-refractivity contribution in [2.24, 2.45) is 0 Å². The van der Waals surface area contributed by atoms with Crippen LogP contribution in [0.15, 0.2) is 36.5 Å². The SMILES string of the molecule is Cc1cc(C#N)ncc1N1CC2(CC(c3cccc(F)c3)(N(C)C)C2)NC1(C)C. The van der Waals surface area contributed by atoms with Crippen LogP contribution in [-0.4, -0.2) is 41.7 Å². The van der Waals surface area contributed by atoms with Gasteiger partial charge in [-0.2, -0.15) is 5.26 Å². The van der Waals surface area contributed by atoms with Gasteiger partial charge in [-0.25, -0.2) is 9.37 Å².